The molecule has 0 saturated carbocycles. The molecule has 0 bridgehead atoms. The Hall–Kier alpha value is -3.48. The zero-order valence-electron chi connectivity index (χ0n) is 16.1. The topological polar surface area (TPSA) is 126 Å². The maximum absolute atomic E-state index is 14.2. The monoisotopic (exact) mass is 409 g/mol. The number of piperidine rings is 1. The molecule has 9 heteroatoms. The van der Waals surface area contributed by atoms with Crippen molar-refractivity contribution in [2.45, 2.75) is 18.4 Å². The number of ether oxygens (including phenoxy) is 2. The third kappa shape index (κ3) is 4.10. The van der Waals surface area contributed by atoms with Crippen molar-refractivity contribution in [2.24, 2.45) is 0 Å². The number of rotatable bonds is 5. The van der Waals surface area contributed by atoms with Crippen molar-refractivity contribution in [2.75, 3.05) is 25.4 Å². The molecular weight excluding hydrogens is 389 g/mol. The SMILES string of the molecule is N#Cc1c(N)ccc(F)c1Oc1ccc2ncc(OCC3(O)CCNCC3)nc2c1. The van der Waals surface area contributed by atoms with Gasteiger partial charge in [0.15, 0.2) is 11.6 Å². The Kier molecular flexibility index (Phi) is 5.35. The van der Waals surface area contributed by atoms with Gasteiger partial charge in [0, 0.05) is 6.07 Å². The lowest BCUT2D eigenvalue weighted by Gasteiger charge is -2.31. The Morgan fingerprint density at radius 3 is 2.80 bits per heavy atom. The van der Waals surface area contributed by atoms with Crippen LogP contribution in [0.3, 0.4) is 0 Å². The average molecular weight is 409 g/mol. The van der Waals surface area contributed by atoms with Crippen molar-refractivity contribution in [3.63, 3.8) is 0 Å². The van der Waals surface area contributed by atoms with Gasteiger partial charge in [0.2, 0.25) is 5.88 Å². The summed E-state index contributed by atoms with van der Waals surface area (Å²) in [7, 11) is 0. The second-order valence-electron chi connectivity index (χ2n) is 7.18. The zero-order chi connectivity index (χ0) is 21.1. The fourth-order valence-electron chi connectivity index (χ4n) is 3.26. The predicted octanol–water partition coefficient (Wildman–Crippen LogP) is 2.51. The smallest absolute Gasteiger partial charge is 0.233 e. The van der Waals surface area contributed by atoms with Gasteiger partial charge in [-0.1, -0.05) is 0 Å². The van der Waals surface area contributed by atoms with Crippen LogP contribution >= 0.6 is 0 Å². The van der Waals surface area contributed by atoms with Crippen molar-refractivity contribution in [1.82, 2.24) is 15.3 Å². The van der Waals surface area contributed by atoms with Gasteiger partial charge in [-0.15, -0.1) is 0 Å². The Labute approximate surface area is 172 Å². The molecule has 1 fully saturated rings. The molecule has 0 radical (unpaired) electrons. The van der Waals surface area contributed by atoms with Gasteiger partial charge in [-0.3, -0.25) is 0 Å². The first kappa shape index (κ1) is 19.8. The lowest BCUT2D eigenvalue weighted by molar-refractivity contribution is -0.0297. The standard InChI is InChI=1S/C21H20FN5O3/c22-15-2-3-16(24)14(10-23)20(15)30-13-1-4-17-18(9-13)27-19(11-26-17)29-12-21(28)5-7-25-8-6-21/h1-4,9,11,25,28H,5-8,12,24H2. The molecule has 1 aromatic heterocycles. The molecule has 3 aromatic rings. The molecule has 4 N–H and O–H groups in total. The van der Waals surface area contributed by atoms with Crippen LogP contribution in [-0.4, -0.2) is 40.4 Å². The highest BCUT2D eigenvalue weighted by molar-refractivity contribution is 5.76. The summed E-state index contributed by atoms with van der Waals surface area (Å²) in [6, 6.07) is 9.14. The number of aromatic nitrogens is 2. The Bertz CT molecular complexity index is 1130. The van der Waals surface area contributed by atoms with Gasteiger partial charge in [-0.05, 0) is 50.2 Å². The summed E-state index contributed by atoms with van der Waals surface area (Å²) in [5, 5.41) is 23.0. The third-order valence-electron chi connectivity index (χ3n) is 4.99. The van der Waals surface area contributed by atoms with Gasteiger partial charge in [-0.2, -0.15) is 5.26 Å². The first-order valence-electron chi connectivity index (χ1n) is 9.46. The molecule has 8 nitrogen and oxygen atoms in total. The van der Waals surface area contributed by atoms with Gasteiger partial charge in [-0.25, -0.2) is 14.4 Å². The van der Waals surface area contributed by atoms with Crippen LogP contribution in [0.2, 0.25) is 0 Å². The minimum Gasteiger partial charge on any atom is -0.473 e. The lowest BCUT2D eigenvalue weighted by Crippen LogP contribution is -2.46. The minimum atomic E-state index is -0.898. The van der Waals surface area contributed by atoms with Crippen molar-refractivity contribution in [1.29, 1.82) is 5.26 Å². The molecule has 154 valence electrons. The van der Waals surface area contributed by atoms with Crippen molar-refractivity contribution < 1.29 is 19.0 Å². The number of nitrogens with zero attached hydrogens (tertiary/aromatic N) is 3. The van der Waals surface area contributed by atoms with Crippen LogP contribution in [0.25, 0.3) is 11.0 Å². The molecule has 0 spiro atoms. The second-order valence-corrected chi connectivity index (χ2v) is 7.18. The number of anilines is 1. The van der Waals surface area contributed by atoms with E-state index in [2.05, 4.69) is 15.3 Å². The minimum absolute atomic E-state index is 0.0755. The van der Waals surface area contributed by atoms with Crippen molar-refractivity contribution in [3.8, 4) is 23.4 Å². The number of hydrogen-bond acceptors (Lipinski definition) is 8. The van der Waals surface area contributed by atoms with E-state index in [1.165, 1.54) is 12.3 Å². The summed E-state index contributed by atoms with van der Waals surface area (Å²) < 4.78 is 25.5. The van der Waals surface area contributed by atoms with Gasteiger partial charge in [0.25, 0.3) is 0 Å². The van der Waals surface area contributed by atoms with Crippen LogP contribution in [0, 0.1) is 17.1 Å². The number of halogens is 1. The Morgan fingerprint density at radius 1 is 1.23 bits per heavy atom. The molecule has 0 aliphatic carbocycles. The van der Waals surface area contributed by atoms with E-state index in [-0.39, 0.29) is 35.2 Å². The number of nitrogens with one attached hydrogen (secondary N) is 1. The summed E-state index contributed by atoms with van der Waals surface area (Å²) in [5.74, 6) is -0.407. The highest BCUT2D eigenvalue weighted by atomic mass is 19.1. The van der Waals surface area contributed by atoms with Gasteiger partial charge in [0.05, 0.1) is 22.9 Å². The van der Waals surface area contributed by atoms with Crippen LogP contribution < -0.4 is 20.5 Å². The summed E-state index contributed by atoms with van der Waals surface area (Å²) in [6.45, 7) is 1.58. The molecular formula is C21H20FN5O3. The normalized spacial score (nSPS) is 15.5. The third-order valence-corrected chi connectivity index (χ3v) is 4.99. The number of benzene rings is 2. The van der Waals surface area contributed by atoms with E-state index in [1.807, 2.05) is 6.07 Å². The van der Waals surface area contributed by atoms with E-state index in [4.69, 9.17) is 15.2 Å². The van der Waals surface area contributed by atoms with Crippen LogP contribution in [0.15, 0.2) is 36.5 Å². The maximum Gasteiger partial charge on any atom is 0.233 e. The van der Waals surface area contributed by atoms with E-state index in [1.54, 1.807) is 18.2 Å². The summed E-state index contributed by atoms with van der Waals surface area (Å²) in [5.41, 5.74) is 5.94. The molecule has 1 saturated heterocycles. The van der Waals surface area contributed by atoms with Gasteiger partial charge in [0.1, 0.15) is 29.6 Å². The quantitative estimate of drug-likeness (QED) is 0.549. The molecule has 1 aliphatic rings. The molecule has 0 unspecified atom stereocenters. The zero-order valence-corrected chi connectivity index (χ0v) is 16.1. The van der Waals surface area contributed by atoms with E-state index in [0.29, 0.717) is 23.9 Å². The van der Waals surface area contributed by atoms with E-state index in [9.17, 15) is 14.8 Å². The maximum atomic E-state index is 14.2. The molecule has 1 aliphatic heterocycles. The van der Waals surface area contributed by atoms with Crippen LogP contribution in [0.4, 0.5) is 10.1 Å². The summed E-state index contributed by atoms with van der Waals surface area (Å²) >= 11 is 0. The highest BCUT2D eigenvalue weighted by Gasteiger charge is 2.30. The molecule has 0 amide bonds. The van der Waals surface area contributed by atoms with Gasteiger partial charge >= 0.3 is 0 Å². The first-order valence-corrected chi connectivity index (χ1v) is 9.46. The Balaban J connectivity index is 1.57. The lowest BCUT2D eigenvalue weighted by atomic mass is 9.94. The predicted molar refractivity (Wildman–Crippen MR) is 108 cm³/mol. The highest BCUT2D eigenvalue weighted by Crippen LogP contribution is 2.32. The fraction of sp³-hybridized carbons (Fsp3) is 0.286. The van der Waals surface area contributed by atoms with E-state index < -0.39 is 11.4 Å². The number of nitrogens with two attached hydrogens (primary N) is 1. The molecule has 0 atom stereocenters. The second kappa shape index (κ2) is 8.10. The average Bonchev–Trinajstić information content (AvgIpc) is 2.75. The molecule has 30 heavy (non-hydrogen) atoms. The van der Waals surface area contributed by atoms with Crippen LogP contribution in [-0.2, 0) is 0 Å². The number of nitrogen functional groups attached to an aromatic ring is 1. The summed E-state index contributed by atoms with van der Waals surface area (Å²) in [6.07, 6.45) is 2.68. The van der Waals surface area contributed by atoms with Crippen LogP contribution in [0.5, 0.6) is 17.4 Å². The number of hydrogen-bond donors (Lipinski definition) is 3. The van der Waals surface area contributed by atoms with Crippen LogP contribution in [0.1, 0.15) is 18.4 Å². The molecule has 4 rings (SSSR count). The van der Waals surface area contributed by atoms with Gasteiger partial charge < -0.3 is 25.6 Å². The molecule has 2 aromatic carbocycles. The number of nitriles is 1. The number of fused-ring (bicyclic) bond motifs is 1. The largest absolute Gasteiger partial charge is 0.473 e. The molecule has 2 heterocycles. The van der Waals surface area contributed by atoms with Crippen molar-refractivity contribution in [3.05, 3.63) is 47.9 Å². The summed E-state index contributed by atoms with van der Waals surface area (Å²) in [4.78, 5) is 8.70. The van der Waals surface area contributed by atoms with E-state index >= 15 is 0 Å². The Morgan fingerprint density at radius 2 is 2.03 bits per heavy atom. The first-order chi connectivity index (χ1) is 14.5. The van der Waals surface area contributed by atoms with Crippen molar-refractivity contribution >= 4 is 16.7 Å². The van der Waals surface area contributed by atoms with E-state index in [0.717, 1.165) is 19.2 Å². The number of aliphatic hydroxyl groups is 1. The fourth-order valence-corrected chi connectivity index (χ4v) is 3.26.